The summed E-state index contributed by atoms with van der Waals surface area (Å²) in [5.41, 5.74) is 6.86. The summed E-state index contributed by atoms with van der Waals surface area (Å²) < 4.78 is 0. The van der Waals surface area contributed by atoms with Gasteiger partial charge in [-0.1, -0.05) is 11.6 Å². The molecule has 0 heterocycles. The Hall–Kier alpha value is 0.603. The third-order valence-corrected chi connectivity index (χ3v) is 1.53. The van der Waals surface area contributed by atoms with E-state index < -0.39 is 15.1 Å². The van der Waals surface area contributed by atoms with Crippen molar-refractivity contribution in [1.82, 2.24) is 0 Å². The van der Waals surface area contributed by atoms with E-state index in [0.717, 1.165) is 11.3 Å². The maximum atomic E-state index is 5.69. The van der Waals surface area contributed by atoms with Gasteiger partial charge in [0.15, 0.2) is 0 Å². The molecule has 0 aliphatic heterocycles. The molecule has 0 saturated carbocycles. The van der Waals surface area contributed by atoms with Gasteiger partial charge >= 0.3 is 34.5 Å². The molecule has 0 unspecified atom stereocenters. The van der Waals surface area contributed by atoms with E-state index in [1.54, 1.807) is 12.1 Å². The van der Waals surface area contributed by atoms with Crippen molar-refractivity contribution < 1.29 is 33.1 Å². The van der Waals surface area contributed by atoms with E-state index in [1.165, 1.54) is 0 Å². The first-order chi connectivity index (χ1) is 6.15. The monoisotopic (exact) mass is 324 g/mol. The Bertz CT molecular complexity index is 282. The molecule has 0 aliphatic carbocycles. The Morgan fingerprint density at radius 1 is 1.36 bits per heavy atom. The zero-order valence-corrected chi connectivity index (χ0v) is 13.5. The van der Waals surface area contributed by atoms with Crippen molar-refractivity contribution in [3.8, 4) is 0 Å². The molecule has 0 aliphatic rings. The Labute approximate surface area is 110 Å². The second kappa shape index (κ2) is 10.1. The molecule has 0 bridgehead atoms. The molecule has 1 aromatic carbocycles. The number of aryl methyl sites for hydroxylation is 1. The summed E-state index contributed by atoms with van der Waals surface area (Å²) in [7, 11) is 9.90. The van der Waals surface area contributed by atoms with E-state index in [2.05, 4.69) is 5.11 Å². The van der Waals surface area contributed by atoms with Crippen LogP contribution in [0.25, 0.3) is 0 Å². The van der Waals surface area contributed by atoms with Crippen LogP contribution in [0.2, 0.25) is 5.02 Å². The van der Waals surface area contributed by atoms with Gasteiger partial charge in [-0.3, -0.25) is 0 Å². The molecule has 0 radical (unpaired) electrons. The fourth-order valence-electron chi connectivity index (χ4n) is 0.764. The van der Waals surface area contributed by atoms with Gasteiger partial charge < -0.3 is 12.4 Å². The summed E-state index contributed by atoms with van der Waals surface area (Å²) in [5, 5.41) is 4.27. The van der Waals surface area contributed by atoms with Gasteiger partial charge in [-0.15, -0.1) is 0 Å². The first kappa shape index (κ1) is 17.0. The first-order valence-corrected chi connectivity index (χ1v) is 11.6. The van der Waals surface area contributed by atoms with Crippen molar-refractivity contribution in [1.29, 1.82) is 0 Å². The van der Waals surface area contributed by atoms with E-state index >= 15 is 0 Å². The summed E-state index contributed by atoms with van der Waals surface area (Å²) in [6.45, 7) is 1.91. The van der Waals surface area contributed by atoms with Crippen LogP contribution in [0.1, 0.15) is 5.56 Å². The standard InChI is InChI=1S/C7H7ClN2.3ClH.Zn/c1-5-4-6(8)2-3-7(5)10-9;;;;/h2-4,9H,1H3;3*1H;/q;;;;+2/p-2. The van der Waals surface area contributed by atoms with Crippen molar-refractivity contribution in [2.24, 2.45) is 5.11 Å². The normalized spacial score (nSPS) is 7.43. The van der Waals surface area contributed by atoms with Crippen LogP contribution in [0.15, 0.2) is 23.3 Å². The van der Waals surface area contributed by atoms with Gasteiger partial charge in [-0.05, 0) is 35.8 Å². The van der Waals surface area contributed by atoms with E-state index in [9.17, 15) is 0 Å². The number of hydrogen-bond donors (Lipinski definition) is 1. The van der Waals surface area contributed by atoms with Crippen molar-refractivity contribution in [3.05, 3.63) is 28.8 Å². The first-order valence-electron chi connectivity index (χ1n) is 3.44. The third-order valence-electron chi connectivity index (χ3n) is 1.30. The van der Waals surface area contributed by atoms with Crippen LogP contribution >= 0.6 is 31.0 Å². The molecule has 0 spiro atoms. The molecule has 0 amide bonds. The van der Waals surface area contributed by atoms with Crippen LogP contribution in [0.3, 0.4) is 0 Å². The quantitative estimate of drug-likeness (QED) is 0.551. The molecule has 2 nitrogen and oxygen atoms in total. The predicted octanol–water partition coefficient (Wildman–Crippen LogP) is -0.128. The molecule has 0 fully saturated rings. The Kier molecular flexibility index (Phi) is 12.3. The average molecular weight is 327 g/mol. The molecule has 14 heavy (non-hydrogen) atoms. The number of nitrogens with zero attached hydrogens (tertiary/aromatic N) is 1. The van der Waals surface area contributed by atoms with Crippen molar-refractivity contribution in [2.45, 2.75) is 6.92 Å². The molecule has 1 aromatic rings. The minimum atomic E-state index is -0.931. The summed E-state index contributed by atoms with van der Waals surface area (Å²) in [4.78, 5) is 0. The van der Waals surface area contributed by atoms with E-state index in [0.29, 0.717) is 5.02 Å². The van der Waals surface area contributed by atoms with Gasteiger partial charge in [0.25, 0.3) is 0 Å². The topological polar surface area (TPSA) is 38.0 Å². The van der Waals surface area contributed by atoms with Crippen LogP contribution < -0.4 is 17.9 Å². The molecular formula is C7H8Cl4N2Zn. The van der Waals surface area contributed by atoms with E-state index in [1.807, 2.05) is 13.0 Å². The number of hydrogen-bond acceptors (Lipinski definition) is 1. The van der Waals surface area contributed by atoms with E-state index in [4.69, 9.17) is 36.5 Å². The Morgan fingerprint density at radius 3 is 2.21 bits per heavy atom. The van der Waals surface area contributed by atoms with Crippen LogP contribution in [0.4, 0.5) is 5.69 Å². The Morgan fingerprint density at radius 2 is 1.86 bits per heavy atom. The SMILES string of the molecule is Cc1cc(Cl)ccc1N=[NH2+].[Cl-].[Cl][Zn][Cl]. The molecule has 7 heteroatoms. The molecule has 0 aromatic heterocycles. The average Bonchev–Trinajstić information content (AvgIpc) is 2.06. The van der Waals surface area contributed by atoms with Gasteiger partial charge in [0.1, 0.15) is 5.69 Å². The van der Waals surface area contributed by atoms with Gasteiger partial charge in [0.2, 0.25) is 0 Å². The van der Waals surface area contributed by atoms with Gasteiger partial charge in [0.05, 0.1) is 0 Å². The molecule has 2 N–H and O–H groups in total. The molecular weight excluding hydrogens is 319 g/mol. The fraction of sp³-hybridized carbons (Fsp3) is 0.143. The zero-order chi connectivity index (χ0) is 10.3. The van der Waals surface area contributed by atoms with Crippen molar-refractivity contribution >= 4 is 36.7 Å². The van der Waals surface area contributed by atoms with Crippen LogP contribution in [0.5, 0.6) is 0 Å². The molecule has 1 rings (SSSR count). The number of halogens is 4. The third kappa shape index (κ3) is 6.97. The van der Waals surface area contributed by atoms with Crippen molar-refractivity contribution in [3.63, 3.8) is 0 Å². The number of benzene rings is 1. The second-order valence-electron chi connectivity index (χ2n) is 2.16. The molecule has 0 saturated heterocycles. The maximum absolute atomic E-state index is 5.69. The summed E-state index contributed by atoms with van der Waals surface area (Å²) in [6.07, 6.45) is 0. The predicted molar refractivity (Wildman–Crippen MR) is 51.9 cm³/mol. The van der Waals surface area contributed by atoms with Crippen LogP contribution in [-0.2, 0) is 15.1 Å². The zero-order valence-electron chi connectivity index (χ0n) is 7.48. The molecule has 76 valence electrons. The van der Waals surface area contributed by atoms with Gasteiger partial charge in [-0.25, -0.2) is 0 Å². The van der Waals surface area contributed by atoms with Crippen LogP contribution in [-0.4, -0.2) is 0 Å². The summed E-state index contributed by atoms with van der Waals surface area (Å²) in [5.74, 6) is 0. The number of rotatable bonds is 1. The van der Waals surface area contributed by atoms with Gasteiger partial charge in [0, 0.05) is 5.02 Å². The van der Waals surface area contributed by atoms with Crippen LogP contribution in [0, 0.1) is 6.92 Å². The fourth-order valence-corrected chi connectivity index (χ4v) is 0.990. The van der Waals surface area contributed by atoms with Crippen molar-refractivity contribution in [2.75, 3.05) is 0 Å². The Balaban J connectivity index is 0. The van der Waals surface area contributed by atoms with E-state index in [-0.39, 0.29) is 12.4 Å². The molecule has 0 atom stereocenters. The summed E-state index contributed by atoms with van der Waals surface area (Å²) in [6, 6.07) is 5.38. The minimum absolute atomic E-state index is 0. The summed E-state index contributed by atoms with van der Waals surface area (Å²) >= 11 is 4.76. The number of nitrogens with two attached hydrogens (primary N) is 1. The second-order valence-corrected chi connectivity index (χ2v) is 7.22. The van der Waals surface area contributed by atoms with Gasteiger partial charge in [-0.2, -0.15) is 5.53 Å².